The molecule has 1 aromatic carbocycles. The van der Waals surface area contributed by atoms with Crippen LogP contribution in [0.4, 0.5) is 0 Å². The number of amides is 2. The largest absolute Gasteiger partial charge is 0.497 e. The highest BCUT2D eigenvalue weighted by atomic mass is 16.5. The van der Waals surface area contributed by atoms with Gasteiger partial charge in [0.15, 0.2) is 5.69 Å². The molecule has 0 spiro atoms. The second kappa shape index (κ2) is 10.9. The Bertz CT molecular complexity index is 1080. The second-order valence-corrected chi connectivity index (χ2v) is 8.74. The Morgan fingerprint density at radius 2 is 1.94 bits per heavy atom. The molecule has 0 bridgehead atoms. The molecule has 2 aliphatic heterocycles. The molecule has 1 saturated heterocycles. The van der Waals surface area contributed by atoms with E-state index in [1.54, 1.807) is 30.9 Å². The summed E-state index contributed by atoms with van der Waals surface area (Å²) in [5.41, 5.74) is 2.91. The molecule has 0 radical (unpaired) electrons. The highest BCUT2D eigenvalue weighted by molar-refractivity contribution is 5.91. The topological polar surface area (TPSA) is 103 Å². The molecular weight excluding hydrogens is 452 g/mol. The van der Waals surface area contributed by atoms with Gasteiger partial charge in [0, 0.05) is 57.4 Å². The predicted molar refractivity (Wildman–Crippen MR) is 126 cm³/mol. The van der Waals surface area contributed by atoms with Crippen LogP contribution in [0.15, 0.2) is 24.3 Å². The molecule has 2 aromatic rings. The Morgan fingerprint density at radius 3 is 2.63 bits per heavy atom. The molecule has 188 valence electrons. The lowest BCUT2D eigenvalue weighted by molar-refractivity contribution is -0.136. The Balaban J connectivity index is 1.54. The van der Waals surface area contributed by atoms with Crippen molar-refractivity contribution < 1.29 is 28.6 Å². The van der Waals surface area contributed by atoms with Crippen molar-refractivity contribution in [2.45, 2.75) is 32.9 Å². The van der Waals surface area contributed by atoms with Gasteiger partial charge in [0.1, 0.15) is 5.75 Å². The number of nitrogens with zero attached hydrogens (tertiary/aromatic N) is 4. The fourth-order valence-electron chi connectivity index (χ4n) is 4.69. The van der Waals surface area contributed by atoms with Gasteiger partial charge in [-0.25, -0.2) is 4.79 Å². The minimum atomic E-state index is -0.492. The van der Waals surface area contributed by atoms with Crippen LogP contribution in [-0.2, 0) is 38.6 Å². The SMILES string of the molecule is CCOC(=O)c1nn(Cc2ccc(OC)cc2)c2c1CN(C(=O)[C@@H]1CC(=O)N(CCOC)C1)CC2. The minimum absolute atomic E-state index is 0.0300. The normalized spacial score (nSPS) is 17.5. The summed E-state index contributed by atoms with van der Waals surface area (Å²) >= 11 is 0. The zero-order valence-corrected chi connectivity index (χ0v) is 20.5. The second-order valence-electron chi connectivity index (χ2n) is 8.74. The molecule has 0 unspecified atom stereocenters. The average molecular weight is 485 g/mol. The first-order chi connectivity index (χ1) is 16.9. The van der Waals surface area contributed by atoms with Gasteiger partial charge < -0.3 is 24.0 Å². The predicted octanol–water partition coefficient (Wildman–Crippen LogP) is 1.50. The number of likely N-dealkylation sites (tertiary alicyclic amines) is 1. The standard InChI is InChI=1S/C25H32N4O6/c1-4-35-25(32)23-20-16-28(24(31)18-13-22(30)27(15-18)11-12-33-2)10-9-21(20)29(26-23)14-17-5-7-19(34-3)8-6-17/h5-8,18H,4,9-16H2,1-3H3/t18-/m1/s1. The van der Waals surface area contributed by atoms with E-state index in [-0.39, 0.29) is 43.0 Å². The van der Waals surface area contributed by atoms with E-state index in [1.165, 1.54) is 0 Å². The molecule has 3 heterocycles. The number of carbonyl (C=O) groups is 3. The number of carbonyl (C=O) groups excluding carboxylic acids is 3. The van der Waals surface area contributed by atoms with Crippen molar-refractivity contribution in [2.24, 2.45) is 5.92 Å². The third-order valence-corrected chi connectivity index (χ3v) is 6.53. The van der Waals surface area contributed by atoms with Crippen molar-refractivity contribution in [3.8, 4) is 5.75 Å². The summed E-state index contributed by atoms with van der Waals surface area (Å²) in [7, 11) is 3.21. The Kier molecular flexibility index (Phi) is 7.70. The van der Waals surface area contributed by atoms with E-state index >= 15 is 0 Å². The van der Waals surface area contributed by atoms with Crippen LogP contribution in [0.3, 0.4) is 0 Å². The molecule has 35 heavy (non-hydrogen) atoms. The number of esters is 1. The van der Waals surface area contributed by atoms with Crippen LogP contribution < -0.4 is 4.74 Å². The number of aromatic nitrogens is 2. The van der Waals surface area contributed by atoms with E-state index in [0.29, 0.717) is 39.2 Å². The third-order valence-electron chi connectivity index (χ3n) is 6.53. The number of benzene rings is 1. The maximum atomic E-state index is 13.3. The smallest absolute Gasteiger partial charge is 0.359 e. The number of hydrogen-bond acceptors (Lipinski definition) is 7. The monoisotopic (exact) mass is 484 g/mol. The van der Waals surface area contributed by atoms with Crippen LogP contribution in [0.1, 0.15) is 40.7 Å². The third kappa shape index (κ3) is 5.32. The van der Waals surface area contributed by atoms with Crippen molar-refractivity contribution in [3.63, 3.8) is 0 Å². The van der Waals surface area contributed by atoms with Gasteiger partial charge in [0.05, 0.1) is 32.8 Å². The Hall–Kier alpha value is -3.40. The summed E-state index contributed by atoms with van der Waals surface area (Å²) in [4.78, 5) is 41.7. The molecule has 2 aliphatic rings. The van der Waals surface area contributed by atoms with E-state index in [0.717, 1.165) is 22.6 Å². The van der Waals surface area contributed by atoms with Gasteiger partial charge in [0.2, 0.25) is 11.8 Å². The van der Waals surface area contributed by atoms with Crippen molar-refractivity contribution in [1.82, 2.24) is 19.6 Å². The lowest BCUT2D eigenvalue weighted by atomic mass is 10.0. The zero-order valence-electron chi connectivity index (χ0n) is 20.5. The maximum absolute atomic E-state index is 13.3. The first kappa shape index (κ1) is 24.7. The van der Waals surface area contributed by atoms with Gasteiger partial charge in [-0.3, -0.25) is 14.3 Å². The van der Waals surface area contributed by atoms with Crippen LogP contribution in [0.25, 0.3) is 0 Å². The van der Waals surface area contributed by atoms with Gasteiger partial charge in [0.25, 0.3) is 0 Å². The van der Waals surface area contributed by atoms with Crippen molar-refractivity contribution in [1.29, 1.82) is 0 Å². The van der Waals surface area contributed by atoms with Crippen LogP contribution in [0.5, 0.6) is 5.75 Å². The van der Waals surface area contributed by atoms with Crippen LogP contribution in [0, 0.1) is 5.92 Å². The molecule has 1 aromatic heterocycles. The quantitative estimate of drug-likeness (QED) is 0.497. The van der Waals surface area contributed by atoms with Gasteiger partial charge in [-0.1, -0.05) is 12.1 Å². The number of rotatable bonds is 9. The summed E-state index contributed by atoms with van der Waals surface area (Å²) in [6.45, 7) is 4.57. The van der Waals surface area contributed by atoms with Crippen molar-refractivity contribution >= 4 is 17.8 Å². The van der Waals surface area contributed by atoms with E-state index in [1.807, 2.05) is 28.9 Å². The average Bonchev–Trinajstić information content (AvgIpc) is 3.42. The molecule has 0 N–H and O–H groups in total. The number of methoxy groups -OCH3 is 2. The highest BCUT2D eigenvalue weighted by Crippen LogP contribution is 2.28. The number of fused-ring (bicyclic) bond motifs is 1. The first-order valence-corrected chi connectivity index (χ1v) is 11.9. The first-order valence-electron chi connectivity index (χ1n) is 11.9. The van der Waals surface area contributed by atoms with Crippen molar-refractivity contribution in [3.05, 3.63) is 46.8 Å². The van der Waals surface area contributed by atoms with Gasteiger partial charge >= 0.3 is 5.97 Å². The molecule has 4 rings (SSSR count). The minimum Gasteiger partial charge on any atom is -0.497 e. The number of hydrogen-bond donors (Lipinski definition) is 0. The van der Waals surface area contributed by atoms with Crippen molar-refractivity contribution in [2.75, 3.05) is 47.1 Å². The van der Waals surface area contributed by atoms with E-state index in [2.05, 4.69) is 5.10 Å². The summed E-state index contributed by atoms with van der Waals surface area (Å²) in [5, 5.41) is 4.59. The summed E-state index contributed by atoms with van der Waals surface area (Å²) in [5.74, 6) is -0.211. The molecule has 10 nitrogen and oxygen atoms in total. The fourth-order valence-corrected chi connectivity index (χ4v) is 4.69. The van der Waals surface area contributed by atoms with Gasteiger partial charge in [-0.05, 0) is 24.6 Å². The van der Waals surface area contributed by atoms with E-state index in [4.69, 9.17) is 14.2 Å². The van der Waals surface area contributed by atoms with Crippen LogP contribution in [-0.4, -0.2) is 84.4 Å². The lowest BCUT2D eigenvalue weighted by Gasteiger charge is -2.30. The van der Waals surface area contributed by atoms with Crippen LogP contribution in [0.2, 0.25) is 0 Å². The molecule has 0 aliphatic carbocycles. The van der Waals surface area contributed by atoms with Gasteiger partial charge in [-0.15, -0.1) is 0 Å². The molecule has 2 amide bonds. The van der Waals surface area contributed by atoms with E-state index in [9.17, 15) is 14.4 Å². The molecule has 1 fully saturated rings. The lowest BCUT2D eigenvalue weighted by Crippen LogP contribution is -2.41. The molecule has 10 heteroatoms. The molecule has 1 atom stereocenters. The number of ether oxygens (including phenoxy) is 3. The fraction of sp³-hybridized carbons (Fsp3) is 0.520. The van der Waals surface area contributed by atoms with E-state index < -0.39 is 5.97 Å². The maximum Gasteiger partial charge on any atom is 0.359 e. The Labute approximate surface area is 204 Å². The Morgan fingerprint density at radius 1 is 1.17 bits per heavy atom. The zero-order chi connectivity index (χ0) is 24.9. The summed E-state index contributed by atoms with van der Waals surface area (Å²) in [6.07, 6.45) is 0.769. The van der Waals surface area contributed by atoms with Gasteiger partial charge in [-0.2, -0.15) is 5.10 Å². The molecule has 0 saturated carbocycles. The van der Waals surface area contributed by atoms with Crippen LogP contribution >= 0.6 is 0 Å². The molecular formula is C25H32N4O6. The summed E-state index contributed by atoms with van der Waals surface area (Å²) < 4.78 is 17.4. The highest BCUT2D eigenvalue weighted by Gasteiger charge is 2.38. The summed E-state index contributed by atoms with van der Waals surface area (Å²) in [6, 6.07) is 7.69.